The van der Waals surface area contributed by atoms with Gasteiger partial charge in [0.2, 0.25) is 0 Å². The van der Waals surface area contributed by atoms with Gasteiger partial charge in [-0.15, -0.1) is 0 Å². The minimum Gasteiger partial charge on any atom is -0.365 e. The molecule has 0 fully saturated rings. The zero-order chi connectivity index (χ0) is 17.2. The van der Waals surface area contributed by atoms with Crippen LogP contribution >= 0.6 is 0 Å². The van der Waals surface area contributed by atoms with Crippen LogP contribution in [-0.4, -0.2) is 73.3 Å². The van der Waals surface area contributed by atoms with Crippen molar-refractivity contribution in [1.29, 1.82) is 0 Å². The summed E-state index contributed by atoms with van der Waals surface area (Å²) in [5.74, 6) is 1.03. The highest BCUT2D eigenvalue weighted by atomic mass is 16.3. The molecular weight excluding hydrogens is 292 g/mol. The second-order valence-corrected chi connectivity index (χ2v) is 5.46. The maximum atomic E-state index is 9.59. The van der Waals surface area contributed by atoms with Gasteiger partial charge < -0.3 is 10.0 Å². The van der Waals surface area contributed by atoms with Crippen molar-refractivity contribution in [2.75, 3.05) is 41.3 Å². The average Bonchev–Trinajstić information content (AvgIpc) is 2.94. The molecule has 0 spiro atoms. The second kappa shape index (κ2) is 10.2. The molecule has 1 heterocycles. The van der Waals surface area contributed by atoms with Crippen LogP contribution in [0.25, 0.3) is 0 Å². The van der Waals surface area contributed by atoms with Gasteiger partial charge in [-0.2, -0.15) is 0 Å². The Labute approximate surface area is 139 Å². The highest BCUT2D eigenvalue weighted by molar-refractivity contribution is 5.93. The summed E-state index contributed by atoms with van der Waals surface area (Å²) in [6.45, 7) is 3.64. The molecule has 0 aliphatic carbocycles. The summed E-state index contributed by atoms with van der Waals surface area (Å²) < 4.78 is 0. The van der Waals surface area contributed by atoms with Crippen molar-refractivity contribution in [1.82, 2.24) is 25.6 Å². The van der Waals surface area contributed by atoms with Gasteiger partial charge in [-0.3, -0.25) is 15.2 Å². The number of hydrogen-bond donors (Lipinski definition) is 3. The van der Waals surface area contributed by atoms with Crippen molar-refractivity contribution in [3.63, 3.8) is 0 Å². The van der Waals surface area contributed by atoms with Crippen LogP contribution in [0.15, 0.2) is 41.4 Å². The summed E-state index contributed by atoms with van der Waals surface area (Å²) in [5.41, 5.74) is 4.01. The number of hydrogen-bond acceptors (Lipinski definition) is 7. The maximum absolute atomic E-state index is 9.59. The molecule has 7 nitrogen and oxygen atoms in total. The molecule has 1 rings (SSSR count). The van der Waals surface area contributed by atoms with Crippen LogP contribution in [0.5, 0.6) is 0 Å². The zero-order valence-electron chi connectivity index (χ0n) is 14.8. The molecule has 7 heteroatoms. The summed E-state index contributed by atoms with van der Waals surface area (Å²) in [5, 5.41) is 14.2. The van der Waals surface area contributed by atoms with Crippen LogP contribution in [0.3, 0.4) is 0 Å². The van der Waals surface area contributed by atoms with Crippen LogP contribution in [0.1, 0.15) is 13.3 Å². The summed E-state index contributed by atoms with van der Waals surface area (Å²) in [6.07, 6.45) is 10.3. The lowest BCUT2D eigenvalue weighted by Gasteiger charge is -2.21. The maximum Gasteiger partial charge on any atom is 0.162 e. The summed E-state index contributed by atoms with van der Waals surface area (Å²) in [7, 11) is 7.46. The molecular formula is C16H30N6O. The smallest absolute Gasteiger partial charge is 0.162 e. The monoisotopic (exact) mass is 322 g/mol. The lowest BCUT2D eigenvalue weighted by Crippen LogP contribution is -2.41. The molecule has 1 unspecified atom stereocenters. The Bertz CT molecular complexity index is 471. The average molecular weight is 322 g/mol. The van der Waals surface area contributed by atoms with E-state index >= 15 is 0 Å². The molecule has 130 valence electrons. The van der Waals surface area contributed by atoms with Gasteiger partial charge in [-0.1, -0.05) is 6.08 Å². The molecule has 0 saturated carbocycles. The van der Waals surface area contributed by atoms with E-state index in [1.54, 1.807) is 11.9 Å². The summed E-state index contributed by atoms with van der Waals surface area (Å²) in [6, 6.07) is 0. The number of aliphatic imine (C=N–C) groups is 1. The normalized spacial score (nSPS) is 17.6. The quantitative estimate of drug-likeness (QED) is 0.327. The molecule has 0 amide bonds. The number of aliphatic hydroxyl groups is 1. The number of likely N-dealkylation sites (N-methyl/N-ethyl adjacent to an activating group) is 1. The first-order chi connectivity index (χ1) is 11.0. The van der Waals surface area contributed by atoms with Gasteiger partial charge in [0, 0.05) is 45.3 Å². The molecule has 0 aromatic carbocycles. The van der Waals surface area contributed by atoms with E-state index in [1.807, 2.05) is 50.6 Å². The fourth-order valence-corrected chi connectivity index (χ4v) is 2.04. The van der Waals surface area contributed by atoms with Crippen LogP contribution < -0.4 is 10.7 Å². The zero-order valence-corrected chi connectivity index (χ0v) is 14.8. The van der Waals surface area contributed by atoms with E-state index in [0.29, 0.717) is 6.54 Å². The van der Waals surface area contributed by atoms with Crippen LogP contribution in [-0.2, 0) is 0 Å². The molecule has 3 N–H and O–H groups in total. The summed E-state index contributed by atoms with van der Waals surface area (Å²) in [4.78, 5) is 8.52. The third-order valence-electron chi connectivity index (χ3n) is 3.54. The van der Waals surface area contributed by atoms with Crippen molar-refractivity contribution in [3.8, 4) is 0 Å². The van der Waals surface area contributed by atoms with Gasteiger partial charge in [0.05, 0.1) is 0 Å². The number of allylic oxidation sites excluding steroid dienone is 1. The lowest BCUT2D eigenvalue weighted by molar-refractivity contribution is 0.00799. The van der Waals surface area contributed by atoms with Gasteiger partial charge in [-0.25, -0.2) is 10.4 Å². The highest BCUT2D eigenvalue weighted by Gasteiger charge is 2.08. The van der Waals surface area contributed by atoms with Gasteiger partial charge in [-0.05, 0) is 39.6 Å². The summed E-state index contributed by atoms with van der Waals surface area (Å²) >= 11 is 0. The highest BCUT2D eigenvalue weighted by Crippen LogP contribution is 2.13. The first-order valence-electron chi connectivity index (χ1n) is 7.80. The molecule has 0 saturated heterocycles. The standard InChI is InChI=1S/C16H30N6O/c1-14(19-15-8-6-10-20(15)4)9-13-22(18-3)12-7-11-21(5)16(23)17-2/h7-9,12-13,16-18,23H,6,10-11H2,1-5H3/b12-7-,13-9+,19-14-. The fourth-order valence-electron chi connectivity index (χ4n) is 2.04. The van der Waals surface area contributed by atoms with E-state index in [2.05, 4.69) is 33.8 Å². The van der Waals surface area contributed by atoms with Crippen LogP contribution in [0.2, 0.25) is 0 Å². The predicted molar refractivity (Wildman–Crippen MR) is 95.3 cm³/mol. The van der Waals surface area contributed by atoms with Crippen molar-refractivity contribution < 1.29 is 5.11 Å². The predicted octanol–water partition coefficient (Wildman–Crippen LogP) is 0.515. The molecule has 1 aliphatic heterocycles. The van der Waals surface area contributed by atoms with Gasteiger partial charge >= 0.3 is 0 Å². The number of nitrogens with one attached hydrogen (secondary N) is 2. The van der Waals surface area contributed by atoms with Crippen molar-refractivity contribution in [2.45, 2.75) is 19.7 Å². The molecule has 23 heavy (non-hydrogen) atoms. The third-order valence-corrected chi connectivity index (χ3v) is 3.54. The second-order valence-electron chi connectivity index (χ2n) is 5.46. The minimum atomic E-state index is -0.649. The van der Waals surface area contributed by atoms with Gasteiger partial charge in [0.25, 0.3) is 0 Å². The topological polar surface area (TPSA) is 66.4 Å². The number of nitrogens with zero attached hydrogens (tertiary/aromatic N) is 4. The molecule has 0 bridgehead atoms. The first-order valence-corrected chi connectivity index (χ1v) is 7.80. The minimum absolute atomic E-state index is 0.624. The van der Waals surface area contributed by atoms with E-state index in [1.165, 1.54) is 0 Å². The Balaban J connectivity index is 2.53. The van der Waals surface area contributed by atoms with E-state index in [-0.39, 0.29) is 0 Å². The Morgan fingerprint density at radius 3 is 2.78 bits per heavy atom. The van der Waals surface area contributed by atoms with Crippen molar-refractivity contribution in [3.05, 3.63) is 36.4 Å². The number of aliphatic hydroxyl groups excluding tert-OH is 1. The SMILES string of the molecule is CNC(O)N(C)C/C=C\N(/C=C/C(C)=N\C1=CCCN1C)NC. The third kappa shape index (κ3) is 6.96. The number of hydrazine groups is 1. The van der Waals surface area contributed by atoms with E-state index in [4.69, 9.17) is 0 Å². The van der Waals surface area contributed by atoms with E-state index in [9.17, 15) is 5.11 Å². The molecule has 0 radical (unpaired) electrons. The molecule has 1 aliphatic rings. The molecule has 1 atom stereocenters. The van der Waals surface area contributed by atoms with E-state index in [0.717, 1.165) is 24.5 Å². The van der Waals surface area contributed by atoms with E-state index < -0.39 is 6.35 Å². The number of rotatable bonds is 9. The van der Waals surface area contributed by atoms with Crippen LogP contribution in [0, 0.1) is 0 Å². The Morgan fingerprint density at radius 2 is 2.22 bits per heavy atom. The van der Waals surface area contributed by atoms with Crippen LogP contribution in [0.4, 0.5) is 0 Å². The van der Waals surface area contributed by atoms with Crippen molar-refractivity contribution >= 4 is 5.71 Å². The Morgan fingerprint density at radius 1 is 1.48 bits per heavy atom. The molecule has 0 aromatic heterocycles. The Kier molecular flexibility index (Phi) is 8.57. The Hall–Kier alpha value is -1.67. The first kappa shape index (κ1) is 19.4. The largest absolute Gasteiger partial charge is 0.365 e. The molecule has 0 aromatic rings. The van der Waals surface area contributed by atoms with Crippen molar-refractivity contribution in [2.24, 2.45) is 4.99 Å². The van der Waals surface area contributed by atoms with Gasteiger partial charge in [0.15, 0.2) is 6.35 Å². The fraction of sp³-hybridized carbons (Fsp3) is 0.562. The van der Waals surface area contributed by atoms with Gasteiger partial charge in [0.1, 0.15) is 5.82 Å². The lowest BCUT2D eigenvalue weighted by atomic mass is 10.4.